The average molecular weight is 230 g/mol. The number of hydrogen-bond donors (Lipinski definition) is 3. The van der Waals surface area contributed by atoms with Crippen molar-refractivity contribution < 1.29 is 9.53 Å². The van der Waals surface area contributed by atoms with E-state index in [1.165, 1.54) is 18.0 Å². The van der Waals surface area contributed by atoms with Crippen LogP contribution in [-0.4, -0.2) is 36.6 Å². The van der Waals surface area contributed by atoms with Crippen LogP contribution in [0.1, 0.15) is 0 Å². The van der Waals surface area contributed by atoms with Gasteiger partial charge in [0.2, 0.25) is 0 Å². The number of amidine groups is 1. The molecule has 0 spiro atoms. The van der Waals surface area contributed by atoms with Gasteiger partial charge in [-0.15, -0.1) is 0 Å². The number of amides is 1. The molecule has 0 unspecified atom stereocenters. The number of carbonyl (C=O) groups excluding carboxylic acids is 1. The van der Waals surface area contributed by atoms with Gasteiger partial charge in [0.1, 0.15) is 5.70 Å². The zero-order chi connectivity index (χ0) is 11.3. The van der Waals surface area contributed by atoms with E-state index in [9.17, 15) is 4.79 Å². The quantitative estimate of drug-likeness (QED) is 0.327. The van der Waals surface area contributed by atoms with Gasteiger partial charge in [0, 0.05) is 0 Å². The first-order chi connectivity index (χ1) is 7.13. The first kappa shape index (κ1) is 11.9. The molecule has 5 N–H and O–H groups in total. The fourth-order valence-corrected chi connectivity index (χ4v) is 0.990. The second-order valence-electron chi connectivity index (χ2n) is 2.96. The fourth-order valence-electron chi connectivity index (χ4n) is 0.832. The molecule has 0 radical (unpaired) electrons. The zero-order valence-electron chi connectivity index (χ0n) is 8.40. The molecule has 1 rings (SSSR count). The van der Waals surface area contributed by atoms with Gasteiger partial charge in [-0.1, -0.05) is 11.8 Å². The molecule has 0 aromatic heterocycles. The second kappa shape index (κ2) is 5.62. The number of ether oxygens (including phenoxy) is 1. The van der Waals surface area contributed by atoms with Gasteiger partial charge in [-0.3, -0.25) is 4.79 Å². The Bertz CT molecular complexity index is 299. The summed E-state index contributed by atoms with van der Waals surface area (Å²) in [5, 5.41) is 3.04. The molecule has 0 atom stereocenters. The normalized spacial score (nSPS) is 18.5. The average Bonchev–Trinajstić information content (AvgIpc) is 2.18. The number of nitrogens with zero attached hydrogens (tertiary/aromatic N) is 1. The van der Waals surface area contributed by atoms with Crippen LogP contribution in [0.2, 0.25) is 0 Å². The third kappa shape index (κ3) is 3.80. The van der Waals surface area contributed by atoms with Gasteiger partial charge in [0.05, 0.1) is 25.5 Å². The number of aliphatic imine (C=N–C) groups is 1. The van der Waals surface area contributed by atoms with Crippen LogP contribution in [0.5, 0.6) is 0 Å². The number of thioether (sulfide) groups is 1. The Labute approximate surface area is 92.1 Å². The maximum absolute atomic E-state index is 11.4. The molecule has 15 heavy (non-hydrogen) atoms. The largest absolute Gasteiger partial charge is 0.393 e. The van der Waals surface area contributed by atoms with E-state index in [-0.39, 0.29) is 17.6 Å². The molecule has 0 saturated carbocycles. The molecule has 0 bridgehead atoms. The summed E-state index contributed by atoms with van der Waals surface area (Å²) in [6, 6.07) is 0.0614. The molecule has 1 aliphatic heterocycles. The summed E-state index contributed by atoms with van der Waals surface area (Å²) >= 11 is 1.28. The first-order valence-corrected chi connectivity index (χ1v) is 5.57. The third-order valence-corrected chi connectivity index (χ3v) is 2.30. The molecule has 84 valence electrons. The van der Waals surface area contributed by atoms with Crippen LogP contribution >= 0.6 is 11.8 Å². The highest BCUT2D eigenvalue weighted by atomic mass is 32.2. The monoisotopic (exact) mass is 230 g/mol. The summed E-state index contributed by atoms with van der Waals surface area (Å²) in [6.07, 6.45) is 3.04. The van der Waals surface area contributed by atoms with E-state index in [0.29, 0.717) is 18.4 Å². The van der Waals surface area contributed by atoms with Crippen LogP contribution in [0.4, 0.5) is 0 Å². The van der Waals surface area contributed by atoms with Gasteiger partial charge in [0.25, 0.3) is 5.91 Å². The Morgan fingerprint density at radius 1 is 1.60 bits per heavy atom. The van der Waals surface area contributed by atoms with Crippen molar-refractivity contribution in [2.24, 2.45) is 16.5 Å². The summed E-state index contributed by atoms with van der Waals surface area (Å²) in [6.45, 7) is 1.07. The van der Waals surface area contributed by atoms with Gasteiger partial charge in [-0.2, -0.15) is 0 Å². The molecule has 1 saturated heterocycles. The minimum Gasteiger partial charge on any atom is -0.393 e. The smallest absolute Gasteiger partial charge is 0.269 e. The van der Waals surface area contributed by atoms with Crippen LogP contribution in [0, 0.1) is 0 Å². The molecule has 1 heterocycles. The SMILES string of the molecule is CS/C(N)=N/C=C(\N)C(=O)NC1COC1. The highest BCUT2D eigenvalue weighted by Crippen LogP contribution is 2.00. The fraction of sp³-hybridized carbons (Fsp3) is 0.500. The highest BCUT2D eigenvalue weighted by molar-refractivity contribution is 8.13. The summed E-state index contributed by atoms with van der Waals surface area (Å²) in [5.74, 6) is -0.346. The Hall–Kier alpha value is -1.21. The lowest BCUT2D eigenvalue weighted by atomic mass is 10.2. The summed E-state index contributed by atoms with van der Waals surface area (Å²) in [5.41, 5.74) is 10.9. The standard InChI is InChI=1S/C8H14N4O2S/c1-15-8(10)11-2-6(9)7(13)12-5-3-14-4-5/h2,5H,3-4,9H2,1H3,(H2,10,11)(H,12,13)/b6-2-. The van der Waals surface area contributed by atoms with E-state index in [4.69, 9.17) is 16.2 Å². The van der Waals surface area contributed by atoms with E-state index in [1.807, 2.05) is 0 Å². The number of rotatable bonds is 3. The summed E-state index contributed by atoms with van der Waals surface area (Å²) in [4.78, 5) is 15.2. The van der Waals surface area contributed by atoms with Gasteiger partial charge in [-0.05, 0) is 6.26 Å². The maximum atomic E-state index is 11.4. The molecule has 1 fully saturated rings. The Kier molecular flexibility index (Phi) is 4.44. The summed E-state index contributed by atoms with van der Waals surface area (Å²) < 4.78 is 4.91. The molecule has 1 aliphatic rings. The van der Waals surface area contributed by atoms with Crippen LogP contribution in [0.3, 0.4) is 0 Å². The van der Waals surface area contributed by atoms with E-state index in [1.54, 1.807) is 6.26 Å². The van der Waals surface area contributed by atoms with Crippen molar-refractivity contribution in [3.8, 4) is 0 Å². The van der Waals surface area contributed by atoms with Crippen molar-refractivity contribution in [3.63, 3.8) is 0 Å². The summed E-state index contributed by atoms with van der Waals surface area (Å²) in [7, 11) is 0. The second-order valence-corrected chi connectivity index (χ2v) is 3.79. The molecule has 0 aromatic carbocycles. The Morgan fingerprint density at radius 2 is 2.27 bits per heavy atom. The molecular formula is C8H14N4O2S. The van der Waals surface area contributed by atoms with Crippen molar-refractivity contribution in [2.75, 3.05) is 19.5 Å². The Balaban J connectivity index is 2.43. The lowest BCUT2D eigenvalue weighted by Crippen LogP contribution is -2.49. The van der Waals surface area contributed by atoms with E-state index in [0.717, 1.165) is 0 Å². The zero-order valence-corrected chi connectivity index (χ0v) is 9.21. The predicted molar refractivity (Wildman–Crippen MR) is 60.2 cm³/mol. The van der Waals surface area contributed by atoms with Crippen molar-refractivity contribution in [2.45, 2.75) is 6.04 Å². The van der Waals surface area contributed by atoms with Crippen LogP contribution in [0.25, 0.3) is 0 Å². The lowest BCUT2D eigenvalue weighted by molar-refractivity contribution is -0.121. The minimum absolute atomic E-state index is 0.0406. The van der Waals surface area contributed by atoms with Crippen molar-refractivity contribution in [3.05, 3.63) is 11.9 Å². The van der Waals surface area contributed by atoms with Crippen molar-refractivity contribution in [1.82, 2.24) is 5.32 Å². The third-order valence-electron chi connectivity index (χ3n) is 1.78. The lowest BCUT2D eigenvalue weighted by Gasteiger charge is -2.26. The predicted octanol–water partition coefficient (Wildman–Crippen LogP) is -1.02. The topological polar surface area (TPSA) is 103 Å². The van der Waals surface area contributed by atoms with Crippen LogP contribution in [-0.2, 0) is 9.53 Å². The maximum Gasteiger partial charge on any atom is 0.269 e. The van der Waals surface area contributed by atoms with E-state index >= 15 is 0 Å². The molecule has 1 amide bonds. The molecule has 6 nitrogen and oxygen atoms in total. The Morgan fingerprint density at radius 3 is 2.73 bits per heavy atom. The molecule has 0 aliphatic carbocycles. The number of carbonyl (C=O) groups is 1. The molecule has 0 aromatic rings. The first-order valence-electron chi connectivity index (χ1n) is 4.35. The van der Waals surface area contributed by atoms with Gasteiger partial charge >= 0.3 is 0 Å². The number of nitrogens with one attached hydrogen (secondary N) is 1. The number of nitrogens with two attached hydrogens (primary N) is 2. The molecular weight excluding hydrogens is 216 g/mol. The number of hydrogen-bond acceptors (Lipinski definition) is 5. The van der Waals surface area contributed by atoms with E-state index in [2.05, 4.69) is 10.3 Å². The molecule has 7 heteroatoms. The minimum atomic E-state index is -0.346. The van der Waals surface area contributed by atoms with Crippen LogP contribution < -0.4 is 16.8 Å². The van der Waals surface area contributed by atoms with Crippen molar-refractivity contribution in [1.29, 1.82) is 0 Å². The van der Waals surface area contributed by atoms with Crippen molar-refractivity contribution >= 4 is 22.8 Å². The highest BCUT2D eigenvalue weighted by Gasteiger charge is 2.20. The van der Waals surface area contributed by atoms with Gasteiger partial charge in [0.15, 0.2) is 5.17 Å². The van der Waals surface area contributed by atoms with E-state index < -0.39 is 0 Å². The van der Waals surface area contributed by atoms with Gasteiger partial charge < -0.3 is 21.5 Å². The van der Waals surface area contributed by atoms with Crippen LogP contribution in [0.15, 0.2) is 16.9 Å². The van der Waals surface area contributed by atoms with Gasteiger partial charge in [-0.25, -0.2) is 4.99 Å².